The van der Waals surface area contributed by atoms with E-state index in [4.69, 9.17) is 9.15 Å². The van der Waals surface area contributed by atoms with Crippen LogP contribution in [0.4, 0.5) is 0 Å². The highest BCUT2D eigenvalue weighted by molar-refractivity contribution is 7.07. The largest absolute Gasteiger partial charge is 0.478 e. The number of carboxylic acid groups (broad SMARTS) is 1. The van der Waals surface area contributed by atoms with E-state index in [2.05, 4.69) is 4.99 Å². The van der Waals surface area contributed by atoms with E-state index in [1.54, 1.807) is 44.2 Å². The van der Waals surface area contributed by atoms with E-state index < -0.39 is 18.0 Å². The highest BCUT2D eigenvalue weighted by atomic mass is 32.1. The van der Waals surface area contributed by atoms with Crippen LogP contribution in [-0.4, -0.2) is 28.2 Å². The van der Waals surface area contributed by atoms with Gasteiger partial charge in [-0.2, -0.15) is 0 Å². The lowest BCUT2D eigenvalue weighted by Gasteiger charge is -2.24. The number of esters is 1. The summed E-state index contributed by atoms with van der Waals surface area (Å²) in [6, 6.07) is 16.9. The molecule has 3 heterocycles. The van der Waals surface area contributed by atoms with Gasteiger partial charge in [-0.15, -0.1) is 0 Å². The summed E-state index contributed by atoms with van der Waals surface area (Å²) in [4.78, 5) is 43.0. The minimum atomic E-state index is -1.03. The molecule has 1 N–H and O–H groups in total. The standard InChI is InChI=1S/C29H24N2O6S/c1-4-36-28(35)24-17(3)30-29-31(25(24)18-10-8-16(2)9-11-18)26(32)23(38-29)15-21-12-13-22(37-21)19-6-5-7-20(14-19)27(33)34/h5-15,25H,4H2,1-3H3,(H,33,34)/b23-15-/t25-/m1/s1. The molecule has 192 valence electrons. The molecule has 0 fully saturated rings. The molecule has 0 radical (unpaired) electrons. The van der Waals surface area contributed by atoms with Crippen LogP contribution in [0.25, 0.3) is 17.4 Å². The maximum atomic E-state index is 13.7. The van der Waals surface area contributed by atoms with Gasteiger partial charge in [0.15, 0.2) is 4.80 Å². The molecule has 0 amide bonds. The Hall–Kier alpha value is -4.50. The number of ether oxygens (including phenoxy) is 1. The van der Waals surface area contributed by atoms with Crippen molar-refractivity contribution in [3.63, 3.8) is 0 Å². The summed E-state index contributed by atoms with van der Waals surface area (Å²) in [6.45, 7) is 5.66. The Morgan fingerprint density at radius 3 is 2.61 bits per heavy atom. The lowest BCUT2D eigenvalue weighted by Crippen LogP contribution is -2.39. The third-order valence-electron chi connectivity index (χ3n) is 6.20. The summed E-state index contributed by atoms with van der Waals surface area (Å²) in [5.41, 5.74) is 3.12. The SMILES string of the molecule is CCOC(=O)C1=C(C)N=c2s/c(=C\c3ccc(-c4cccc(C(=O)O)c4)o3)c(=O)n2[C@@H]1c1ccc(C)cc1. The number of thiazole rings is 1. The van der Waals surface area contributed by atoms with Gasteiger partial charge in [0.2, 0.25) is 0 Å². The van der Waals surface area contributed by atoms with E-state index in [1.807, 2.05) is 31.2 Å². The Bertz CT molecular complexity index is 1770. The maximum absolute atomic E-state index is 13.7. The van der Waals surface area contributed by atoms with Crippen molar-refractivity contribution in [3.05, 3.63) is 114 Å². The molecule has 9 heteroatoms. The number of nitrogens with zero attached hydrogens (tertiary/aromatic N) is 2. The molecule has 2 aromatic carbocycles. The van der Waals surface area contributed by atoms with Gasteiger partial charge in [-0.05, 0) is 50.6 Å². The lowest BCUT2D eigenvalue weighted by molar-refractivity contribution is -0.139. The van der Waals surface area contributed by atoms with Gasteiger partial charge in [-0.1, -0.05) is 53.3 Å². The van der Waals surface area contributed by atoms with Crippen LogP contribution in [0.1, 0.15) is 47.1 Å². The van der Waals surface area contributed by atoms with E-state index in [1.165, 1.54) is 28.0 Å². The second-order valence-corrected chi connectivity index (χ2v) is 9.81. The first-order chi connectivity index (χ1) is 18.3. The molecule has 1 aliphatic heterocycles. The Morgan fingerprint density at radius 1 is 1.13 bits per heavy atom. The zero-order chi connectivity index (χ0) is 27.0. The minimum absolute atomic E-state index is 0.151. The third kappa shape index (κ3) is 4.64. The first kappa shape index (κ1) is 25.2. The van der Waals surface area contributed by atoms with Crippen molar-refractivity contribution in [3.8, 4) is 11.3 Å². The molecule has 1 atom stereocenters. The Morgan fingerprint density at radius 2 is 1.89 bits per heavy atom. The number of aryl methyl sites for hydroxylation is 1. The molecule has 0 spiro atoms. The van der Waals surface area contributed by atoms with Crippen LogP contribution >= 0.6 is 11.3 Å². The first-order valence-corrected chi connectivity index (χ1v) is 12.8. The van der Waals surface area contributed by atoms with Crippen LogP contribution in [0.2, 0.25) is 0 Å². The van der Waals surface area contributed by atoms with Crippen LogP contribution in [-0.2, 0) is 9.53 Å². The minimum Gasteiger partial charge on any atom is -0.478 e. The molecule has 5 rings (SSSR count). The number of aromatic carboxylic acids is 1. The maximum Gasteiger partial charge on any atom is 0.338 e. The Balaban J connectivity index is 1.61. The van der Waals surface area contributed by atoms with Crippen molar-refractivity contribution in [1.82, 2.24) is 4.57 Å². The number of hydrogen-bond acceptors (Lipinski definition) is 7. The van der Waals surface area contributed by atoms with Crippen LogP contribution in [0.3, 0.4) is 0 Å². The predicted molar refractivity (Wildman–Crippen MR) is 143 cm³/mol. The molecule has 1 aliphatic rings. The van der Waals surface area contributed by atoms with Crippen molar-refractivity contribution in [2.75, 3.05) is 6.61 Å². The highest BCUT2D eigenvalue weighted by Crippen LogP contribution is 2.31. The zero-order valence-electron chi connectivity index (χ0n) is 20.9. The van der Waals surface area contributed by atoms with E-state index in [9.17, 15) is 19.5 Å². The highest BCUT2D eigenvalue weighted by Gasteiger charge is 2.33. The number of aromatic nitrogens is 1. The number of hydrogen-bond donors (Lipinski definition) is 1. The Labute approximate surface area is 221 Å². The molecule has 8 nitrogen and oxygen atoms in total. The van der Waals surface area contributed by atoms with E-state index in [-0.39, 0.29) is 17.7 Å². The van der Waals surface area contributed by atoms with Crippen LogP contribution in [0.5, 0.6) is 0 Å². The van der Waals surface area contributed by atoms with Gasteiger partial charge in [-0.3, -0.25) is 9.36 Å². The summed E-state index contributed by atoms with van der Waals surface area (Å²) in [6.07, 6.45) is 1.63. The number of carboxylic acids is 1. The number of benzene rings is 2. The fraction of sp³-hybridized carbons (Fsp3) is 0.172. The van der Waals surface area contributed by atoms with Gasteiger partial charge in [0, 0.05) is 11.6 Å². The van der Waals surface area contributed by atoms with Crippen LogP contribution in [0.15, 0.2) is 86.1 Å². The summed E-state index contributed by atoms with van der Waals surface area (Å²) < 4.78 is 13.2. The average Bonchev–Trinajstić information content (AvgIpc) is 3.48. The molecule has 0 bridgehead atoms. The fourth-order valence-corrected chi connectivity index (χ4v) is 5.40. The van der Waals surface area contributed by atoms with Crippen LogP contribution in [0, 0.1) is 6.92 Å². The smallest absolute Gasteiger partial charge is 0.338 e. The molecule has 0 saturated carbocycles. The van der Waals surface area contributed by atoms with E-state index in [0.717, 1.165) is 11.1 Å². The third-order valence-corrected chi connectivity index (χ3v) is 7.19. The van der Waals surface area contributed by atoms with Crippen molar-refractivity contribution < 1.29 is 23.8 Å². The number of rotatable bonds is 6. The molecular formula is C29H24N2O6S. The second kappa shape index (κ2) is 10.1. The number of fused-ring (bicyclic) bond motifs is 1. The number of allylic oxidation sites excluding steroid dienone is 1. The van der Waals surface area contributed by atoms with Gasteiger partial charge >= 0.3 is 11.9 Å². The van der Waals surface area contributed by atoms with E-state index >= 15 is 0 Å². The summed E-state index contributed by atoms with van der Waals surface area (Å²) in [5.74, 6) is -0.627. The van der Waals surface area contributed by atoms with Gasteiger partial charge in [0.05, 0.1) is 34.0 Å². The summed E-state index contributed by atoms with van der Waals surface area (Å²) in [7, 11) is 0. The molecule has 0 aliphatic carbocycles. The van der Waals surface area contributed by atoms with E-state index in [0.29, 0.717) is 37.7 Å². The topological polar surface area (TPSA) is 111 Å². The molecular weight excluding hydrogens is 504 g/mol. The second-order valence-electron chi connectivity index (χ2n) is 8.80. The first-order valence-electron chi connectivity index (χ1n) is 12.0. The van der Waals surface area contributed by atoms with Crippen molar-refractivity contribution in [1.29, 1.82) is 0 Å². The fourth-order valence-electron chi connectivity index (χ4n) is 4.38. The quantitative estimate of drug-likeness (QED) is 0.378. The van der Waals surface area contributed by atoms with Crippen molar-refractivity contribution >= 4 is 29.4 Å². The monoisotopic (exact) mass is 528 g/mol. The van der Waals surface area contributed by atoms with Gasteiger partial charge in [0.25, 0.3) is 5.56 Å². The summed E-state index contributed by atoms with van der Waals surface area (Å²) in [5, 5.41) is 9.27. The summed E-state index contributed by atoms with van der Waals surface area (Å²) >= 11 is 1.20. The van der Waals surface area contributed by atoms with Gasteiger partial charge in [0.1, 0.15) is 11.5 Å². The normalized spacial score (nSPS) is 15.2. The number of carbonyl (C=O) groups excluding carboxylic acids is 1. The van der Waals surface area contributed by atoms with Crippen LogP contribution < -0.4 is 14.9 Å². The predicted octanol–water partition coefficient (Wildman–Crippen LogP) is 4.06. The molecule has 2 aromatic heterocycles. The lowest BCUT2D eigenvalue weighted by atomic mass is 9.95. The number of carbonyl (C=O) groups is 2. The Kier molecular flexibility index (Phi) is 6.69. The van der Waals surface area contributed by atoms with Crippen molar-refractivity contribution in [2.45, 2.75) is 26.8 Å². The average molecular weight is 529 g/mol. The molecule has 4 aromatic rings. The molecule has 38 heavy (non-hydrogen) atoms. The van der Waals surface area contributed by atoms with Crippen molar-refractivity contribution in [2.24, 2.45) is 4.99 Å². The molecule has 0 saturated heterocycles. The zero-order valence-corrected chi connectivity index (χ0v) is 21.7. The molecule has 0 unspecified atom stereocenters. The number of furan rings is 1. The van der Waals surface area contributed by atoms with Gasteiger partial charge < -0.3 is 14.3 Å². The van der Waals surface area contributed by atoms with Gasteiger partial charge in [-0.25, -0.2) is 14.6 Å².